The maximum Gasteiger partial charge on any atom is 0.229 e. The number of nitrogens with zero attached hydrogens (tertiary/aromatic N) is 3. The molecule has 1 N–H and O–H groups in total. The number of amides is 1. The van der Waals surface area contributed by atoms with Crippen LogP contribution in [0.2, 0.25) is 0 Å². The molecule has 0 radical (unpaired) electrons. The standard InChI is InChI=1S/C15H14N4O/c1-19-14(11(8-16)9-17-19)18-15(20)13-7-12(13)10-5-3-2-4-6-10/h2-6,9,12-13H,7H2,1H3,(H,18,20). The first kappa shape index (κ1) is 12.4. The van der Waals surface area contributed by atoms with Gasteiger partial charge in [-0.15, -0.1) is 0 Å². The van der Waals surface area contributed by atoms with E-state index >= 15 is 0 Å². The predicted molar refractivity (Wildman–Crippen MR) is 73.8 cm³/mol. The summed E-state index contributed by atoms with van der Waals surface area (Å²) in [4.78, 5) is 12.2. The Labute approximate surface area is 116 Å². The van der Waals surface area contributed by atoms with Gasteiger partial charge >= 0.3 is 0 Å². The van der Waals surface area contributed by atoms with Gasteiger partial charge in [-0.05, 0) is 17.9 Å². The summed E-state index contributed by atoms with van der Waals surface area (Å²) in [7, 11) is 1.71. The number of anilines is 1. The third-order valence-electron chi connectivity index (χ3n) is 3.66. The van der Waals surface area contributed by atoms with Gasteiger partial charge in [0.25, 0.3) is 0 Å². The Morgan fingerprint density at radius 1 is 1.45 bits per heavy atom. The maximum atomic E-state index is 12.2. The molecule has 2 atom stereocenters. The Hall–Kier alpha value is -2.61. The largest absolute Gasteiger partial charge is 0.310 e. The Morgan fingerprint density at radius 2 is 2.20 bits per heavy atom. The van der Waals surface area contributed by atoms with Crippen LogP contribution in [0, 0.1) is 17.2 Å². The molecule has 5 nitrogen and oxygen atoms in total. The van der Waals surface area contributed by atoms with Gasteiger partial charge < -0.3 is 5.32 Å². The van der Waals surface area contributed by atoms with Crippen molar-refractivity contribution < 1.29 is 4.79 Å². The van der Waals surface area contributed by atoms with Crippen LogP contribution < -0.4 is 5.32 Å². The second kappa shape index (κ2) is 4.82. The molecule has 1 heterocycles. The molecule has 1 saturated carbocycles. The van der Waals surface area contributed by atoms with Crippen LogP contribution >= 0.6 is 0 Å². The summed E-state index contributed by atoms with van der Waals surface area (Å²) >= 11 is 0. The molecule has 5 heteroatoms. The zero-order chi connectivity index (χ0) is 14.1. The van der Waals surface area contributed by atoms with Crippen LogP contribution in [0.5, 0.6) is 0 Å². The molecule has 100 valence electrons. The summed E-state index contributed by atoms with van der Waals surface area (Å²) in [5.41, 5.74) is 1.58. The van der Waals surface area contributed by atoms with Crippen molar-refractivity contribution >= 4 is 11.7 Å². The van der Waals surface area contributed by atoms with Crippen molar-refractivity contribution in [1.29, 1.82) is 5.26 Å². The van der Waals surface area contributed by atoms with Gasteiger partial charge in [-0.25, -0.2) is 0 Å². The van der Waals surface area contributed by atoms with Crippen molar-refractivity contribution in [3.8, 4) is 6.07 Å². The molecule has 1 aromatic heterocycles. The number of carbonyl (C=O) groups is 1. The lowest BCUT2D eigenvalue weighted by atomic mass is 10.1. The highest BCUT2D eigenvalue weighted by molar-refractivity contribution is 5.95. The summed E-state index contributed by atoms with van der Waals surface area (Å²) in [6, 6.07) is 12.1. The van der Waals surface area contributed by atoms with Crippen molar-refractivity contribution in [3.63, 3.8) is 0 Å². The number of benzene rings is 1. The quantitative estimate of drug-likeness (QED) is 0.924. The van der Waals surface area contributed by atoms with Gasteiger partial charge in [-0.2, -0.15) is 10.4 Å². The Bertz CT molecular complexity index is 684. The molecule has 1 aromatic carbocycles. The Balaban J connectivity index is 1.70. The molecular formula is C15H14N4O. The van der Waals surface area contributed by atoms with Crippen LogP contribution in [0.1, 0.15) is 23.5 Å². The molecule has 2 unspecified atom stereocenters. The van der Waals surface area contributed by atoms with Crippen LogP contribution in [0.15, 0.2) is 36.5 Å². The van der Waals surface area contributed by atoms with Gasteiger partial charge in [-0.1, -0.05) is 30.3 Å². The highest BCUT2D eigenvalue weighted by atomic mass is 16.2. The van der Waals surface area contributed by atoms with E-state index in [1.807, 2.05) is 36.4 Å². The van der Waals surface area contributed by atoms with Crippen LogP contribution in [-0.4, -0.2) is 15.7 Å². The fourth-order valence-electron chi connectivity index (χ4n) is 2.43. The molecule has 0 aliphatic heterocycles. The van der Waals surface area contributed by atoms with Crippen LogP contribution in [0.25, 0.3) is 0 Å². The van der Waals surface area contributed by atoms with Gasteiger partial charge in [0.05, 0.1) is 6.20 Å². The minimum atomic E-state index is -0.0426. The minimum absolute atomic E-state index is 0.0150. The fraction of sp³-hybridized carbons (Fsp3) is 0.267. The summed E-state index contributed by atoms with van der Waals surface area (Å²) in [6.07, 6.45) is 2.31. The number of carbonyl (C=O) groups excluding carboxylic acids is 1. The first-order valence-corrected chi connectivity index (χ1v) is 6.48. The van der Waals surface area contributed by atoms with Crippen molar-refractivity contribution in [3.05, 3.63) is 47.7 Å². The topological polar surface area (TPSA) is 70.7 Å². The summed E-state index contributed by atoms with van der Waals surface area (Å²) in [6.45, 7) is 0. The highest BCUT2D eigenvalue weighted by Crippen LogP contribution is 2.47. The van der Waals surface area contributed by atoms with E-state index < -0.39 is 0 Å². The van der Waals surface area contributed by atoms with E-state index in [1.54, 1.807) is 7.05 Å². The van der Waals surface area contributed by atoms with E-state index in [1.165, 1.54) is 16.4 Å². The lowest BCUT2D eigenvalue weighted by molar-refractivity contribution is -0.117. The molecule has 0 bridgehead atoms. The molecule has 2 aromatic rings. The number of rotatable bonds is 3. The van der Waals surface area contributed by atoms with E-state index in [9.17, 15) is 4.79 Å². The summed E-state index contributed by atoms with van der Waals surface area (Å²) in [5, 5.41) is 15.8. The minimum Gasteiger partial charge on any atom is -0.310 e. The molecule has 20 heavy (non-hydrogen) atoms. The van der Waals surface area contributed by atoms with Crippen molar-refractivity contribution in [2.75, 3.05) is 5.32 Å². The van der Waals surface area contributed by atoms with Crippen molar-refractivity contribution in [2.45, 2.75) is 12.3 Å². The van der Waals surface area contributed by atoms with Crippen molar-refractivity contribution in [1.82, 2.24) is 9.78 Å². The normalized spacial score (nSPS) is 20.2. The first-order valence-electron chi connectivity index (χ1n) is 6.48. The molecule has 1 aliphatic carbocycles. The average Bonchev–Trinajstić information content (AvgIpc) is 3.21. The van der Waals surface area contributed by atoms with Crippen molar-refractivity contribution in [2.24, 2.45) is 13.0 Å². The first-order chi connectivity index (χ1) is 9.70. The van der Waals surface area contributed by atoms with Gasteiger partial charge in [0.1, 0.15) is 17.5 Å². The molecule has 0 saturated heterocycles. The van der Waals surface area contributed by atoms with E-state index in [2.05, 4.69) is 10.4 Å². The fourth-order valence-corrected chi connectivity index (χ4v) is 2.43. The number of aryl methyl sites for hydroxylation is 1. The third kappa shape index (κ3) is 2.16. The van der Waals surface area contributed by atoms with Gasteiger partial charge in [0.2, 0.25) is 5.91 Å². The lowest BCUT2D eigenvalue weighted by Crippen LogP contribution is -2.17. The summed E-state index contributed by atoms with van der Waals surface area (Å²) in [5.74, 6) is 0.698. The smallest absolute Gasteiger partial charge is 0.229 e. The number of nitrogens with one attached hydrogen (secondary N) is 1. The predicted octanol–water partition coefficient (Wildman–Crippen LogP) is 2.03. The average molecular weight is 266 g/mol. The van der Waals surface area contributed by atoms with Crippen LogP contribution in [-0.2, 0) is 11.8 Å². The third-order valence-corrected chi connectivity index (χ3v) is 3.66. The van der Waals surface area contributed by atoms with Crippen LogP contribution in [0.3, 0.4) is 0 Å². The molecule has 1 fully saturated rings. The van der Waals surface area contributed by atoms with Crippen LogP contribution in [0.4, 0.5) is 5.82 Å². The number of aromatic nitrogens is 2. The molecule has 1 amide bonds. The second-order valence-electron chi connectivity index (χ2n) is 4.99. The Morgan fingerprint density at radius 3 is 2.90 bits per heavy atom. The number of hydrogen-bond acceptors (Lipinski definition) is 3. The highest BCUT2D eigenvalue weighted by Gasteiger charge is 2.44. The van der Waals surface area contributed by atoms with Gasteiger partial charge in [0, 0.05) is 13.0 Å². The number of nitriles is 1. The SMILES string of the molecule is Cn1ncc(C#N)c1NC(=O)C1CC1c1ccccc1. The number of hydrogen-bond donors (Lipinski definition) is 1. The zero-order valence-corrected chi connectivity index (χ0v) is 11.1. The maximum absolute atomic E-state index is 12.2. The molecule has 0 spiro atoms. The van der Waals surface area contributed by atoms with E-state index in [0.29, 0.717) is 11.4 Å². The second-order valence-corrected chi connectivity index (χ2v) is 4.99. The van der Waals surface area contributed by atoms with Gasteiger partial charge in [-0.3, -0.25) is 9.48 Å². The molecular weight excluding hydrogens is 252 g/mol. The molecule has 1 aliphatic rings. The van der Waals surface area contributed by atoms with E-state index in [-0.39, 0.29) is 17.7 Å². The van der Waals surface area contributed by atoms with E-state index in [0.717, 1.165) is 6.42 Å². The monoisotopic (exact) mass is 266 g/mol. The molecule has 3 rings (SSSR count). The lowest BCUT2D eigenvalue weighted by Gasteiger charge is -2.05. The Kier molecular flexibility index (Phi) is 2.99. The van der Waals surface area contributed by atoms with E-state index in [4.69, 9.17) is 5.26 Å². The zero-order valence-electron chi connectivity index (χ0n) is 11.1. The summed E-state index contributed by atoms with van der Waals surface area (Å²) < 4.78 is 1.51. The van der Waals surface area contributed by atoms with Gasteiger partial charge in [0.15, 0.2) is 0 Å².